The summed E-state index contributed by atoms with van der Waals surface area (Å²) in [6, 6.07) is 18.5. The third kappa shape index (κ3) is 4.95. The van der Waals surface area contributed by atoms with Crippen LogP contribution in [-0.4, -0.2) is 19.0 Å². The lowest BCUT2D eigenvalue weighted by molar-refractivity contribution is -0.119. The molecule has 0 radical (unpaired) electrons. The monoisotopic (exact) mass is 282 g/mol. The lowest BCUT2D eigenvalue weighted by Crippen LogP contribution is -2.30. The van der Waals surface area contributed by atoms with Crippen LogP contribution in [0.4, 0.5) is 5.69 Å². The van der Waals surface area contributed by atoms with Crippen LogP contribution in [0.3, 0.4) is 0 Å². The molecule has 1 amide bonds. The van der Waals surface area contributed by atoms with Gasteiger partial charge in [0.15, 0.2) is 0 Å². The van der Waals surface area contributed by atoms with Crippen molar-refractivity contribution in [1.82, 2.24) is 5.32 Å². The second-order valence-corrected chi connectivity index (χ2v) is 5.02. The summed E-state index contributed by atoms with van der Waals surface area (Å²) < 4.78 is 0. The van der Waals surface area contributed by atoms with Gasteiger partial charge in [-0.25, -0.2) is 0 Å². The van der Waals surface area contributed by atoms with Crippen molar-refractivity contribution in [3.63, 3.8) is 0 Å². The molecular formula is C18H22N2O. The Morgan fingerprint density at radius 3 is 2.48 bits per heavy atom. The van der Waals surface area contributed by atoms with Crippen LogP contribution in [0.5, 0.6) is 0 Å². The van der Waals surface area contributed by atoms with Crippen molar-refractivity contribution in [1.29, 1.82) is 0 Å². The fourth-order valence-corrected chi connectivity index (χ4v) is 2.17. The summed E-state index contributed by atoms with van der Waals surface area (Å²) in [5, 5.41) is 6.10. The van der Waals surface area contributed by atoms with Crippen LogP contribution >= 0.6 is 0 Å². The van der Waals surface area contributed by atoms with Gasteiger partial charge < -0.3 is 10.6 Å². The third-order valence-electron chi connectivity index (χ3n) is 3.27. The van der Waals surface area contributed by atoms with Gasteiger partial charge in [-0.2, -0.15) is 0 Å². The minimum atomic E-state index is 0.0337. The molecule has 3 heteroatoms. The average Bonchev–Trinajstić information content (AvgIpc) is 2.53. The Morgan fingerprint density at radius 2 is 1.71 bits per heavy atom. The highest BCUT2D eigenvalue weighted by molar-refractivity contribution is 5.80. The van der Waals surface area contributed by atoms with Crippen LogP contribution < -0.4 is 10.6 Å². The minimum absolute atomic E-state index is 0.0337. The molecular weight excluding hydrogens is 260 g/mol. The van der Waals surface area contributed by atoms with E-state index in [1.807, 2.05) is 43.3 Å². The Kier molecular flexibility index (Phi) is 5.83. The average molecular weight is 282 g/mol. The molecule has 0 atom stereocenters. The first-order valence-electron chi connectivity index (χ1n) is 7.42. The van der Waals surface area contributed by atoms with Crippen LogP contribution in [-0.2, 0) is 11.2 Å². The molecule has 0 heterocycles. The first kappa shape index (κ1) is 15.1. The van der Waals surface area contributed by atoms with E-state index in [9.17, 15) is 4.79 Å². The summed E-state index contributed by atoms with van der Waals surface area (Å²) in [5.41, 5.74) is 3.49. The minimum Gasteiger partial charge on any atom is -0.376 e. The molecule has 0 saturated heterocycles. The van der Waals surface area contributed by atoms with E-state index in [2.05, 4.69) is 28.8 Å². The number of para-hydroxylation sites is 1. The van der Waals surface area contributed by atoms with Crippen LogP contribution in [0, 0.1) is 0 Å². The summed E-state index contributed by atoms with van der Waals surface area (Å²) >= 11 is 0. The SMILES string of the molecule is CCCNC(=O)CNc1ccccc1Cc1ccccc1. The Balaban J connectivity index is 1.98. The van der Waals surface area contributed by atoms with E-state index >= 15 is 0 Å². The molecule has 0 bridgehead atoms. The van der Waals surface area contributed by atoms with E-state index in [1.54, 1.807) is 0 Å². The highest BCUT2D eigenvalue weighted by atomic mass is 16.1. The van der Waals surface area contributed by atoms with E-state index in [4.69, 9.17) is 0 Å². The number of amides is 1. The molecule has 2 N–H and O–H groups in total. The van der Waals surface area contributed by atoms with Crippen LogP contribution in [0.25, 0.3) is 0 Å². The summed E-state index contributed by atoms with van der Waals surface area (Å²) in [6.07, 6.45) is 1.82. The number of carbonyl (C=O) groups excluding carboxylic acids is 1. The number of carbonyl (C=O) groups is 1. The topological polar surface area (TPSA) is 41.1 Å². The van der Waals surface area contributed by atoms with Crippen molar-refractivity contribution in [2.45, 2.75) is 19.8 Å². The van der Waals surface area contributed by atoms with Gasteiger partial charge >= 0.3 is 0 Å². The lowest BCUT2D eigenvalue weighted by atomic mass is 10.0. The molecule has 110 valence electrons. The predicted molar refractivity (Wildman–Crippen MR) is 87.5 cm³/mol. The van der Waals surface area contributed by atoms with Crippen LogP contribution in [0.15, 0.2) is 54.6 Å². The standard InChI is InChI=1S/C18H22N2O/c1-2-12-19-18(21)14-20-17-11-7-6-10-16(17)13-15-8-4-3-5-9-15/h3-11,20H,2,12-14H2,1H3,(H,19,21). The molecule has 0 aliphatic heterocycles. The maximum Gasteiger partial charge on any atom is 0.239 e. The van der Waals surface area contributed by atoms with Crippen molar-refractivity contribution in [2.24, 2.45) is 0 Å². The molecule has 0 saturated carbocycles. The van der Waals surface area contributed by atoms with Crippen LogP contribution in [0.1, 0.15) is 24.5 Å². The first-order valence-corrected chi connectivity index (χ1v) is 7.42. The molecule has 0 fully saturated rings. The summed E-state index contributed by atoms with van der Waals surface area (Å²) in [7, 11) is 0. The van der Waals surface area contributed by atoms with Gasteiger partial charge in [0.1, 0.15) is 0 Å². The maximum atomic E-state index is 11.7. The van der Waals surface area contributed by atoms with E-state index in [0.29, 0.717) is 6.54 Å². The second kappa shape index (κ2) is 8.10. The van der Waals surface area contributed by atoms with E-state index in [-0.39, 0.29) is 5.91 Å². The van der Waals surface area contributed by atoms with Gasteiger partial charge in [-0.1, -0.05) is 55.5 Å². The second-order valence-electron chi connectivity index (χ2n) is 5.02. The van der Waals surface area contributed by atoms with E-state index in [1.165, 1.54) is 11.1 Å². The van der Waals surface area contributed by atoms with Gasteiger partial charge in [-0.15, -0.1) is 0 Å². The maximum absolute atomic E-state index is 11.7. The van der Waals surface area contributed by atoms with Gasteiger partial charge in [-0.05, 0) is 30.0 Å². The van der Waals surface area contributed by atoms with Crippen LogP contribution in [0.2, 0.25) is 0 Å². The van der Waals surface area contributed by atoms with Crippen molar-refractivity contribution in [3.8, 4) is 0 Å². The Labute approximate surface area is 126 Å². The van der Waals surface area contributed by atoms with E-state index < -0.39 is 0 Å². The van der Waals surface area contributed by atoms with Gasteiger partial charge in [0.05, 0.1) is 6.54 Å². The number of hydrogen-bond acceptors (Lipinski definition) is 2. The van der Waals surface area contributed by atoms with Crippen molar-refractivity contribution >= 4 is 11.6 Å². The smallest absolute Gasteiger partial charge is 0.239 e. The summed E-state index contributed by atoms with van der Waals surface area (Å²) in [4.78, 5) is 11.7. The zero-order valence-electron chi connectivity index (χ0n) is 12.4. The van der Waals surface area contributed by atoms with Crippen molar-refractivity contribution in [3.05, 3.63) is 65.7 Å². The molecule has 0 aromatic heterocycles. The molecule has 0 aliphatic rings. The van der Waals surface area contributed by atoms with Gasteiger partial charge in [0.25, 0.3) is 0 Å². The number of hydrogen-bond donors (Lipinski definition) is 2. The number of rotatable bonds is 7. The molecule has 2 aromatic rings. The van der Waals surface area contributed by atoms with E-state index in [0.717, 1.165) is 25.1 Å². The molecule has 0 aliphatic carbocycles. The van der Waals surface area contributed by atoms with Gasteiger partial charge in [-0.3, -0.25) is 4.79 Å². The largest absolute Gasteiger partial charge is 0.376 e. The third-order valence-corrected chi connectivity index (χ3v) is 3.27. The number of benzene rings is 2. The predicted octanol–water partition coefficient (Wildman–Crippen LogP) is 3.22. The molecule has 2 aromatic carbocycles. The zero-order valence-corrected chi connectivity index (χ0v) is 12.4. The summed E-state index contributed by atoms with van der Waals surface area (Å²) in [6.45, 7) is 3.08. The fourth-order valence-electron chi connectivity index (χ4n) is 2.17. The van der Waals surface area contributed by atoms with Gasteiger partial charge in [0, 0.05) is 12.2 Å². The Morgan fingerprint density at radius 1 is 1.00 bits per heavy atom. The molecule has 0 spiro atoms. The fraction of sp³-hybridized carbons (Fsp3) is 0.278. The quantitative estimate of drug-likeness (QED) is 0.818. The summed E-state index contributed by atoms with van der Waals surface area (Å²) in [5.74, 6) is 0.0337. The highest BCUT2D eigenvalue weighted by Crippen LogP contribution is 2.18. The Bertz CT molecular complexity index is 566. The number of anilines is 1. The first-order chi connectivity index (χ1) is 10.3. The molecule has 3 nitrogen and oxygen atoms in total. The Hall–Kier alpha value is -2.29. The number of nitrogens with one attached hydrogen (secondary N) is 2. The highest BCUT2D eigenvalue weighted by Gasteiger charge is 2.05. The van der Waals surface area contributed by atoms with Gasteiger partial charge in [0.2, 0.25) is 5.91 Å². The molecule has 21 heavy (non-hydrogen) atoms. The van der Waals surface area contributed by atoms with Crippen molar-refractivity contribution in [2.75, 3.05) is 18.4 Å². The zero-order chi connectivity index (χ0) is 14.9. The normalized spacial score (nSPS) is 10.1. The molecule has 0 unspecified atom stereocenters. The lowest BCUT2D eigenvalue weighted by Gasteiger charge is -2.12. The van der Waals surface area contributed by atoms with Crippen molar-refractivity contribution < 1.29 is 4.79 Å². The molecule has 2 rings (SSSR count).